The zero-order valence-corrected chi connectivity index (χ0v) is 11.2. The molecule has 0 bridgehead atoms. The number of hydrogen-bond acceptors (Lipinski definition) is 4. The van der Waals surface area contributed by atoms with E-state index in [0.717, 1.165) is 19.4 Å². The van der Waals surface area contributed by atoms with Gasteiger partial charge < -0.3 is 10.4 Å². The van der Waals surface area contributed by atoms with Gasteiger partial charge in [-0.15, -0.1) is 0 Å². The summed E-state index contributed by atoms with van der Waals surface area (Å²) in [4.78, 5) is 10.6. The average Bonchev–Trinajstić information content (AvgIpc) is 3.16. The van der Waals surface area contributed by atoms with Crippen molar-refractivity contribution in [2.24, 2.45) is 5.41 Å². The molecule has 0 aliphatic heterocycles. The minimum atomic E-state index is -0.386. The van der Waals surface area contributed by atoms with Gasteiger partial charge in [-0.3, -0.25) is 10.1 Å². The van der Waals surface area contributed by atoms with Gasteiger partial charge in [0.2, 0.25) is 0 Å². The molecule has 1 aliphatic carbocycles. The smallest absolute Gasteiger partial charge is 0.292 e. The summed E-state index contributed by atoms with van der Waals surface area (Å²) in [5.41, 5.74) is 1.61. The van der Waals surface area contributed by atoms with Crippen LogP contribution in [0.1, 0.15) is 38.2 Å². The van der Waals surface area contributed by atoms with Crippen LogP contribution in [0.3, 0.4) is 0 Å². The zero-order valence-electron chi connectivity index (χ0n) is 11.2. The first kappa shape index (κ1) is 13.8. The molecule has 1 aliphatic rings. The fourth-order valence-electron chi connectivity index (χ4n) is 2.49. The fourth-order valence-corrected chi connectivity index (χ4v) is 2.49. The molecular formula is C14H20N2O3. The second-order valence-corrected chi connectivity index (χ2v) is 5.37. The highest BCUT2D eigenvalue weighted by Gasteiger charge is 2.41. The summed E-state index contributed by atoms with van der Waals surface area (Å²) in [5.74, 6) is 0. The Bertz CT molecular complexity index is 470. The van der Waals surface area contributed by atoms with E-state index in [2.05, 4.69) is 12.2 Å². The van der Waals surface area contributed by atoms with Gasteiger partial charge in [-0.25, -0.2) is 0 Å². The number of nitrogens with zero attached hydrogens (tertiary/aromatic N) is 1. The van der Waals surface area contributed by atoms with Crippen molar-refractivity contribution in [1.82, 2.24) is 0 Å². The highest BCUT2D eigenvalue weighted by Crippen LogP contribution is 2.49. The van der Waals surface area contributed by atoms with E-state index in [9.17, 15) is 10.1 Å². The molecule has 0 saturated heterocycles. The normalized spacial score (nSPS) is 16.1. The van der Waals surface area contributed by atoms with Crippen molar-refractivity contribution in [2.75, 3.05) is 11.9 Å². The van der Waals surface area contributed by atoms with Crippen LogP contribution < -0.4 is 5.32 Å². The summed E-state index contributed by atoms with van der Waals surface area (Å²) in [6.45, 7) is 2.83. The quantitative estimate of drug-likeness (QED) is 0.586. The Balaban J connectivity index is 2.11. The van der Waals surface area contributed by atoms with Gasteiger partial charge in [0.1, 0.15) is 5.69 Å². The Hall–Kier alpha value is -1.62. The summed E-state index contributed by atoms with van der Waals surface area (Å²) in [6, 6.07) is 4.70. The van der Waals surface area contributed by atoms with Crippen molar-refractivity contribution in [3.63, 3.8) is 0 Å². The van der Waals surface area contributed by atoms with Gasteiger partial charge in [0.15, 0.2) is 0 Å². The molecular weight excluding hydrogens is 244 g/mol. The van der Waals surface area contributed by atoms with Crippen molar-refractivity contribution in [3.05, 3.63) is 33.9 Å². The third-order valence-corrected chi connectivity index (χ3v) is 3.83. The highest BCUT2D eigenvalue weighted by molar-refractivity contribution is 5.63. The molecule has 0 heterocycles. The Morgan fingerprint density at radius 1 is 1.47 bits per heavy atom. The van der Waals surface area contributed by atoms with Crippen molar-refractivity contribution in [2.45, 2.75) is 39.2 Å². The number of nitro benzene ring substituents is 1. The fraction of sp³-hybridized carbons (Fsp3) is 0.571. The number of aliphatic hydroxyl groups excluding tert-OH is 1. The van der Waals surface area contributed by atoms with Gasteiger partial charge in [-0.2, -0.15) is 0 Å². The Kier molecular flexibility index (Phi) is 4.04. The van der Waals surface area contributed by atoms with Crippen molar-refractivity contribution in [1.29, 1.82) is 0 Å². The number of hydrogen-bond donors (Lipinski definition) is 2. The lowest BCUT2D eigenvalue weighted by Gasteiger charge is -2.16. The number of anilines is 1. The van der Waals surface area contributed by atoms with Crippen molar-refractivity contribution >= 4 is 11.4 Å². The van der Waals surface area contributed by atoms with Gasteiger partial charge in [-0.05, 0) is 42.4 Å². The SMILES string of the molecule is CCCC1(CNc2cc(CO)ccc2[N+](=O)[O-])CC1. The third kappa shape index (κ3) is 3.23. The topological polar surface area (TPSA) is 75.4 Å². The molecule has 0 amide bonds. The minimum Gasteiger partial charge on any atom is -0.392 e. The zero-order chi connectivity index (χ0) is 13.9. The maximum Gasteiger partial charge on any atom is 0.292 e. The molecule has 2 N–H and O–H groups in total. The largest absolute Gasteiger partial charge is 0.392 e. The lowest BCUT2D eigenvalue weighted by atomic mass is 10.0. The van der Waals surface area contributed by atoms with Crippen LogP contribution in [-0.4, -0.2) is 16.6 Å². The van der Waals surface area contributed by atoms with Crippen LogP contribution in [0, 0.1) is 15.5 Å². The van der Waals surface area contributed by atoms with Crippen molar-refractivity contribution < 1.29 is 10.0 Å². The first-order valence-corrected chi connectivity index (χ1v) is 6.72. The van der Waals surface area contributed by atoms with E-state index in [-0.39, 0.29) is 17.2 Å². The molecule has 2 rings (SSSR count). The molecule has 1 aromatic rings. The molecule has 0 aromatic heterocycles. The summed E-state index contributed by atoms with van der Waals surface area (Å²) >= 11 is 0. The lowest BCUT2D eigenvalue weighted by Crippen LogP contribution is -2.16. The molecule has 1 fully saturated rings. The Labute approximate surface area is 112 Å². The van der Waals surface area contributed by atoms with E-state index >= 15 is 0 Å². The van der Waals surface area contributed by atoms with Gasteiger partial charge in [0.05, 0.1) is 11.5 Å². The number of rotatable bonds is 7. The minimum absolute atomic E-state index is 0.0736. The van der Waals surface area contributed by atoms with E-state index in [4.69, 9.17) is 5.11 Å². The molecule has 0 unspecified atom stereocenters. The standard InChI is InChI=1S/C14H20N2O3/c1-2-5-14(6-7-14)10-15-12-8-11(9-17)3-4-13(12)16(18)19/h3-4,8,15,17H,2,5-7,9-10H2,1H3. The monoisotopic (exact) mass is 264 g/mol. The van der Waals surface area contributed by atoms with Crippen LogP contribution >= 0.6 is 0 Å². The van der Waals surface area contributed by atoms with Gasteiger partial charge in [0, 0.05) is 12.6 Å². The molecule has 1 aromatic carbocycles. The van der Waals surface area contributed by atoms with E-state index < -0.39 is 0 Å². The first-order valence-electron chi connectivity index (χ1n) is 6.72. The van der Waals surface area contributed by atoms with Crippen LogP contribution in [-0.2, 0) is 6.61 Å². The summed E-state index contributed by atoms with van der Waals surface area (Å²) in [5, 5.41) is 23.3. The molecule has 5 nitrogen and oxygen atoms in total. The van der Waals surface area contributed by atoms with Gasteiger partial charge in [-0.1, -0.05) is 13.3 Å². The maximum absolute atomic E-state index is 11.0. The van der Waals surface area contributed by atoms with Gasteiger partial charge >= 0.3 is 0 Å². The average molecular weight is 264 g/mol. The third-order valence-electron chi connectivity index (χ3n) is 3.83. The molecule has 1 saturated carbocycles. The molecule has 19 heavy (non-hydrogen) atoms. The van der Waals surface area contributed by atoms with Crippen LogP contribution in [0.4, 0.5) is 11.4 Å². The molecule has 5 heteroatoms. The van der Waals surface area contributed by atoms with E-state index in [0.29, 0.717) is 16.7 Å². The maximum atomic E-state index is 11.0. The summed E-state index contributed by atoms with van der Waals surface area (Å²) in [7, 11) is 0. The molecule has 0 spiro atoms. The highest BCUT2D eigenvalue weighted by atomic mass is 16.6. The van der Waals surface area contributed by atoms with Crippen LogP contribution in [0.25, 0.3) is 0 Å². The number of nitro groups is 1. The summed E-state index contributed by atoms with van der Waals surface area (Å²) in [6.07, 6.45) is 4.69. The van der Waals surface area contributed by atoms with E-state index in [1.807, 2.05) is 0 Å². The molecule has 0 radical (unpaired) electrons. The predicted octanol–water partition coefficient (Wildman–Crippen LogP) is 3.08. The van der Waals surface area contributed by atoms with Crippen LogP contribution in [0.5, 0.6) is 0 Å². The second kappa shape index (κ2) is 5.57. The number of nitrogens with one attached hydrogen (secondary N) is 1. The second-order valence-electron chi connectivity index (χ2n) is 5.37. The van der Waals surface area contributed by atoms with E-state index in [1.165, 1.54) is 18.9 Å². The van der Waals surface area contributed by atoms with Crippen LogP contribution in [0.15, 0.2) is 18.2 Å². The first-order chi connectivity index (χ1) is 9.10. The van der Waals surface area contributed by atoms with E-state index in [1.54, 1.807) is 12.1 Å². The van der Waals surface area contributed by atoms with Crippen LogP contribution in [0.2, 0.25) is 0 Å². The Morgan fingerprint density at radius 3 is 2.74 bits per heavy atom. The Morgan fingerprint density at radius 2 is 2.21 bits per heavy atom. The summed E-state index contributed by atoms with van der Waals surface area (Å²) < 4.78 is 0. The predicted molar refractivity (Wildman–Crippen MR) is 74.1 cm³/mol. The number of aliphatic hydroxyl groups is 1. The van der Waals surface area contributed by atoms with Crippen molar-refractivity contribution in [3.8, 4) is 0 Å². The molecule has 0 atom stereocenters. The van der Waals surface area contributed by atoms with Gasteiger partial charge in [0.25, 0.3) is 5.69 Å². The number of benzene rings is 1. The molecule has 104 valence electrons. The lowest BCUT2D eigenvalue weighted by molar-refractivity contribution is -0.384.